The molecule has 0 bridgehead atoms. The van der Waals surface area contributed by atoms with E-state index < -0.39 is 0 Å². The lowest BCUT2D eigenvalue weighted by molar-refractivity contribution is -0.153. The molecule has 1 heterocycles. The minimum Gasteiger partial charge on any atom is -0.465 e. The van der Waals surface area contributed by atoms with Gasteiger partial charge in [0.25, 0.3) is 0 Å². The number of esters is 1. The van der Waals surface area contributed by atoms with E-state index >= 15 is 0 Å². The van der Waals surface area contributed by atoms with Crippen molar-refractivity contribution in [3.8, 4) is 0 Å². The van der Waals surface area contributed by atoms with Crippen molar-refractivity contribution >= 4 is 18.0 Å². The molecule has 4 nitrogen and oxygen atoms in total. The number of hydrogen-bond donors (Lipinski definition) is 0. The zero-order valence-corrected chi connectivity index (χ0v) is 10.2. The summed E-state index contributed by atoms with van der Waals surface area (Å²) in [5.41, 5.74) is 0. The van der Waals surface area contributed by atoms with E-state index in [0.29, 0.717) is 32.3 Å². The lowest BCUT2D eigenvalue weighted by Gasteiger charge is -2.20. The van der Waals surface area contributed by atoms with E-state index in [4.69, 9.17) is 4.74 Å². The summed E-state index contributed by atoms with van der Waals surface area (Å²) in [7, 11) is 0. The number of hydrogen-bond acceptors (Lipinski definition) is 4. The van der Waals surface area contributed by atoms with Crippen LogP contribution in [0.25, 0.3) is 0 Å². The van der Waals surface area contributed by atoms with Crippen LogP contribution < -0.4 is 0 Å². The van der Waals surface area contributed by atoms with E-state index in [9.17, 15) is 14.4 Å². The maximum atomic E-state index is 11.4. The molecule has 1 unspecified atom stereocenters. The molecule has 0 aliphatic carbocycles. The molecule has 1 atom stereocenters. The van der Waals surface area contributed by atoms with Gasteiger partial charge in [0.1, 0.15) is 12.1 Å². The zero-order valence-electron chi connectivity index (χ0n) is 10.2. The van der Waals surface area contributed by atoms with Crippen LogP contribution in [-0.4, -0.2) is 24.6 Å². The topological polar surface area (TPSA) is 60.4 Å². The fourth-order valence-electron chi connectivity index (χ4n) is 2.05. The van der Waals surface area contributed by atoms with Crippen LogP contribution >= 0.6 is 0 Å². The van der Waals surface area contributed by atoms with Crippen molar-refractivity contribution in [3.63, 3.8) is 0 Å². The molecule has 1 rings (SSSR count). The van der Waals surface area contributed by atoms with Crippen LogP contribution in [0.15, 0.2) is 0 Å². The standard InChI is InChI=1S/C13H20O4/c14-9-2-1-7-12(15)8-3-5-11-6-4-10-17-13(11)16/h9,11H,1-8,10H2. The van der Waals surface area contributed by atoms with Gasteiger partial charge in [-0.25, -0.2) is 0 Å². The monoisotopic (exact) mass is 240 g/mol. The summed E-state index contributed by atoms with van der Waals surface area (Å²) in [5.74, 6) is 0.0761. The normalized spacial score (nSPS) is 19.8. The van der Waals surface area contributed by atoms with E-state index in [1.807, 2.05) is 0 Å². The van der Waals surface area contributed by atoms with Gasteiger partial charge in [0.15, 0.2) is 0 Å². The number of rotatable bonds is 8. The Morgan fingerprint density at radius 1 is 1.35 bits per heavy atom. The molecule has 1 aliphatic heterocycles. The average molecular weight is 240 g/mol. The van der Waals surface area contributed by atoms with Crippen molar-refractivity contribution in [1.29, 1.82) is 0 Å². The summed E-state index contributed by atoms with van der Waals surface area (Å²) in [6, 6.07) is 0. The average Bonchev–Trinajstić information content (AvgIpc) is 2.32. The first-order valence-corrected chi connectivity index (χ1v) is 6.36. The molecule has 4 heteroatoms. The van der Waals surface area contributed by atoms with Crippen molar-refractivity contribution in [2.45, 2.75) is 51.4 Å². The Kier molecular flexibility index (Phi) is 6.51. The molecule has 0 amide bonds. The van der Waals surface area contributed by atoms with E-state index in [-0.39, 0.29) is 17.7 Å². The Balaban J connectivity index is 2.07. The van der Waals surface area contributed by atoms with E-state index in [1.54, 1.807) is 0 Å². The second-order valence-electron chi connectivity index (χ2n) is 4.50. The van der Waals surface area contributed by atoms with E-state index in [1.165, 1.54) is 0 Å². The Bertz CT molecular complexity index is 273. The molecule has 1 fully saturated rings. The second kappa shape index (κ2) is 7.98. The Labute approximate surface area is 102 Å². The van der Waals surface area contributed by atoms with Crippen molar-refractivity contribution in [2.75, 3.05) is 6.61 Å². The number of aldehydes is 1. The van der Waals surface area contributed by atoms with Crippen molar-refractivity contribution in [1.82, 2.24) is 0 Å². The van der Waals surface area contributed by atoms with Gasteiger partial charge in [-0.1, -0.05) is 0 Å². The lowest BCUT2D eigenvalue weighted by Crippen LogP contribution is -2.24. The molecule has 1 saturated heterocycles. The molecule has 96 valence electrons. The summed E-state index contributed by atoms with van der Waals surface area (Å²) in [6.45, 7) is 0.542. The third-order valence-electron chi connectivity index (χ3n) is 3.06. The van der Waals surface area contributed by atoms with Gasteiger partial charge in [-0.05, 0) is 32.1 Å². The minimum atomic E-state index is -0.107. The van der Waals surface area contributed by atoms with E-state index in [0.717, 1.165) is 32.0 Å². The Morgan fingerprint density at radius 3 is 2.82 bits per heavy atom. The Morgan fingerprint density at radius 2 is 2.12 bits per heavy atom. The first-order valence-electron chi connectivity index (χ1n) is 6.36. The van der Waals surface area contributed by atoms with Crippen LogP contribution in [0, 0.1) is 5.92 Å². The first-order chi connectivity index (χ1) is 8.24. The van der Waals surface area contributed by atoms with Gasteiger partial charge in [0.05, 0.1) is 12.5 Å². The van der Waals surface area contributed by atoms with Crippen LogP contribution in [0.1, 0.15) is 51.4 Å². The van der Waals surface area contributed by atoms with Gasteiger partial charge >= 0.3 is 5.97 Å². The summed E-state index contributed by atoms with van der Waals surface area (Å²) >= 11 is 0. The van der Waals surface area contributed by atoms with Gasteiger partial charge in [-0.3, -0.25) is 9.59 Å². The quantitative estimate of drug-likeness (QED) is 0.370. The van der Waals surface area contributed by atoms with Crippen LogP contribution in [0.5, 0.6) is 0 Å². The van der Waals surface area contributed by atoms with Gasteiger partial charge < -0.3 is 9.53 Å². The maximum absolute atomic E-state index is 11.4. The molecular weight excluding hydrogens is 220 g/mol. The molecule has 0 aromatic rings. The largest absolute Gasteiger partial charge is 0.465 e. The third kappa shape index (κ3) is 5.61. The van der Waals surface area contributed by atoms with Crippen LogP contribution in [0.3, 0.4) is 0 Å². The van der Waals surface area contributed by atoms with Gasteiger partial charge in [0, 0.05) is 19.3 Å². The van der Waals surface area contributed by atoms with Crippen molar-refractivity contribution in [3.05, 3.63) is 0 Å². The highest BCUT2D eigenvalue weighted by atomic mass is 16.5. The van der Waals surface area contributed by atoms with E-state index in [2.05, 4.69) is 0 Å². The number of Topliss-reactive ketones (excluding diaryl/α,β-unsaturated/α-hetero) is 1. The molecule has 17 heavy (non-hydrogen) atoms. The number of ketones is 1. The highest BCUT2D eigenvalue weighted by Gasteiger charge is 2.23. The summed E-state index contributed by atoms with van der Waals surface area (Å²) in [5, 5.41) is 0. The molecule has 0 radical (unpaired) electrons. The Hall–Kier alpha value is -1.19. The number of carbonyl (C=O) groups is 3. The van der Waals surface area contributed by atoms with Gasteiger partial charge in [-0.2, -0.15) is 0 Å². The molecule has 0 aromatic heterocycles. The lowest BCUT2D eigenvalue weighted by atomic mass is 9.94. The summed E-state index contributed by atoms with van der Waals surface area (Å²) in [6.07, 6.45) is 6.26. The zero-order chi connectivity index (χ0) is 12.5. The number of ether oxygens (including phenoxy) is 1. The highest BCUT2D eigenvalue weighted by molar-refractivity contribution is 5.78. The fourth-order valence-corrected chi connectivity index (χ4v) is 2.05. The number of cyclic esters (lactones) is 1. The predicted octanol–water partition coefficient (Wildman–Crippen LogP) is 2.05. The molecule has 0 aromatic carbocycles. The fraction of sp³-hybridized carbons (Fsp3) is 0.769. The predicted molar refractivity (Wildman–Crippen MR) is 62.5 cm³/mol. The van der Waals surface area contributed by atoms with Gasteiger partial charge in [-0.15, -0.1) is 0 Å². The number of unbranched alkanes of at least 4 members (excludes halogenated alkanes) is 1. The number of carbonyl (C=O) groups excluding carboxylic acids is 3. The first kappa shape index (κ1) is 13.9. The highest BCUT2D eigenvalue weighted by Crippen LogP contribution is 2.21. The van der Waals surface area contributed by atoms with Crippen LogP contribution in [-0.2, 0) is 19.1 Å². The SMILES string of the molecule is O=CCCCC(=O)CCCC1CCCOC1=O. The van der Waals surface area contributed by atoms with Crippen LogP contribution in [0.4, 0.5) is 0 Å². The molecular formula is C13H20O4. The molecule has 0 N–H and O–H groups in total. The molecule has 1 aliphatic rings. The molecule has 0 saturated carbocycles. The summed E-state index contributed by atoms with van der Waals surface area (Å²) < 4.78 is 4.96. The van der Waals surface area contributed by atoms with Gasteiger partial charge in [0.2, 0.25) is 0 Å². The van der Waals surface area contributed by atoms with Crippen molar-refractivity contribution < 1.29 is 19.1 Å². The minimum absolute atomic E-state index is 0.00785. The summed E-state index contributed by atoms with van der Waals surface area (Å²) in [4.78, 5) is 32.8. The maximum Gasteiger partial charge on any atom is 0.308 e. The van der Waals surface area contributed by atoms with Crippen molar-refractivity contribution in [2.24, 2.45) is 5.92 Å². The van der Waals surface area contributed by atoms with Crippen LogP contribution in [0.2, 0.25) is 0 Å². The molecule has 0 spiro atoms. The second-order valence-corrected chi connectivity index (χ2v) is 4.50. The smallest absolute Gasteiger partial charge is 0.308 e. The third-order valence-corrected chi connectivity index (χ3v) is 3.06.